The van der Waals surface area contributed by atoms with Crippen LogP contribution in [-0.2, 0) is 6.42 Å². The predicted octanol–water partition coefficient (Wildman–Crippen LogP) is 3.88. The van der Waals surface area contributed by atoms with Crippen molar-refractivity contribution in [1.82, 2.24) is 0 Å². The average molecular weight is 255 g/mol. The molecule has 0 amide bonds. The van der Waals surface area contributed by atoms with E-state index in [0.29, 0.717) is 11.3 Å². The van der Waals surface area contributed by atoms with Gasteiger partial charge in [-0.05, 0) is 30.7 Å². The van der Waals surface area contributed by atoms with Crippen molar-refractivity contribution in [3.63, 3.8) is 0 Å². The fourth-order valence-corrected chi connectivity index (χ4v) is 2.00. The lowest BCUT2D eigenvalue weighted by molar-refractivity contribution is 0.411. The van der Waals surface area contributed by atoms with Gasteiger partial charge in [-0.1, -0.05) is 23.8 Å². The van der Waals surface area contributed by atoms with E-state index in [-0.39, 0.29) is 12.2 Å². The van der Waals surface area contributed by atoms with Crippen LogP contribution in [0.2, 0.25) is 0 Å². The highest BCUT2D eigenvalue weighted by atomic mass is 19.1. The van der Waals surface area contributed by atoms with Crippen molar-refractivity contribution < 1.29 is 9.13 Å². The fourth-order valence-electron chi connectivity index (χ4n) is 2.00. The number of halogens is 1. The number of rotatable bonds is 3. The molecule has 2 nitrogen and oxygen atoms in total. The Labute approximate surface area is 112 Å². The van der Waals surface area contributed by atoms with Gasteiger partial charge in [0.15, 0.2) is 0 Å². The lowest BCUT2D eigenvalue weighted by Gasteiger charge is -2.10. The topological polar surface area (TPSA) is 33.0 Å². The van der Waals surface area contributed by atoms with E-state index in [4.69, 9.17) is 10.00 Å². The maximum Gasteiger partial charge on any atom is 0.131 e. The maximum atomic E-state index is 13.8. The van der Waals surface area contributed by atoms with Gasteiger partial charge in [-0.15, -0.1) is 0 Å². The van der Waals surface area contributed by atoms with Crippen LogP contribution in [-0.4, -0.2) is 7.11 Å². The van der Waals surface area contributed by atoms with Crippen molar-refractivity contribution in [1.29, 1.82) is 5.26 Å². The van der Waals surface area contributed by atoms with Gasteiger partial charge >= 0.3 is 0 Å². The van der Waals surface area contributed by atoms with Crippen LogP contribution in [0.5, 0.6) is 5.75 Å². The van der Waals surface area contributed by atoms with Crippen LogP contribution < -0.4 is 4.74 Å². The van der Waals surface area contributed by atoms with Crippen LogP contribution in [0.15, 0.2) is 36.4 Å². The highest BCUT2D eigenvalue weighted by Gasteiger charge is 2.09. The number of hydrogen-bond acceptors (Lipinski definition) is 2. The Hall–Kier alpha value is -2.34. The second-order valence-electron chi connectivity index (χ2n) is 4.34. The van der Waals surface area contributed by atoms with Gasteiger partial charge in [-0.3, -0.25) is 0 Å². The molecule has 2 rings (SSSR count). The quantitative estimate of drug-likeness (QED) is 0.834. The zero-order valence-corrected chi connectivity index (χ0v) is 10.9. The van der Waals surface area contributed by atoms with Crippen molar-refractivity contribution in [2.45, 2.75) is 13.3 Å². The normalized spacial score (nSPS) is 10.0. The molecule has 0 bridgehead atoms. The third kappa shape index (κ3) is 2.74. The smallest absolute Gasteiger partial charge is 0.131 e. The minimum Gasteiger partial charge on any atom is -0.496 e. The fraction of sp³-hybridized carbons (Fsp3) is 0.188. The molecule has 0 aliphatic heterocycles. The standard InChI is InChI=1S/C16H14FNO/c1-11-3-6-15(17)14(9-11)13-5-4-12(7-8-18)16(10-13)19-2/h3-6,9-10H,7H2,1-2H3. The largest absolute Gasteiger partial charge is 0.496 e. The van der Waals surface area contributed by atoms with Gasteiger partial charge in [-0.2, -0.15) is 5.26 Å². The molecular weight excluding hydrogens is 241 g/mol. The number of nitriles is 1. The molecule has 0 radical (unpaired) electrons. The van der Waals surface area contributed by atoms with Crippen LogP contribution in [0, 0.1) is 24.1 Å². The summed E-state index contributed by atoms with van der Waals surface area (Å²) >= 11 is 0. The first kappa shape index (κ1) is 13.1. The number of hydrogen-bond donors (Lipinski definition) is 0. The molecular formula is C16H14FNO. The molecule has 0 spiro atoms. The highest BCUT2D eigenvalue weighted by molar-refractivity contribution is 5.67. The van der Waals surface area contributed by atoms with Crippen molar-refractivity contribution in [3.05, 3.63) is 53.3 Å². The van der Waals surface area contributed by atoms with Gasteiger partial charge in [0, 0.05) is 11.1 Å². The number of aryl methyl sites for hydroxylation is 1. The molecule has 3 heteroatoms. The molecule has 0 fully saturated rings. The van der Waals surface area contributed by atoms with Crippen LogP contribution in [0.3, 0.4) is 0 Å². The first-order valence-corrected chi connectivity index (χ1v) is 5.96. The Morgan fingerprint density at radius 2 is 2.00 bits per heavy atom. The summed E-state index contributed by atoms with van der Waals surface area (Å²) in [5.74, 6) is 0.348. The van der Waals surface area contributed by atoms with Gasteiger partial charge in [0.1, 0.15) is 11.6 Å². The molecule has 0 aliphatic carbocycles. The van der Waals surface area contributed by atoms with Gasteiger partial charge in [-0.25, -0.2) is 4.39 Å². The van der Waals surface area contributed by atoms with E-state index >= 15 is 0 Å². The molecule has 0 aliphatic rings. The molecule has 0 saturated carbocycles. The highest BCUT2D eigenvalue weighted by Crippen LogP contribution is 2.29. The molecule has 0 heterocycles. The number of benzene rings is 2. The van der Waals surface area contributed by atoms with Crippen molar-refractivity contribution in [3.8, 4) is 22.9 Å². The minimum atomic E-state index is -0.263. The predicted molar refractivity (Wildman–Crippen MR) is 72.4 cm³/mol. The van der Waals surface area contributed by atoms with Gasteiger partial charge in [0.05, 0.1) is 19.6 Å². The van der Waals surface area contributed by atoms with E-state index < -0.39 is 0 Å². The third-order valence-corrected chi connectivity index (χ3v) is 2.99. The van der Waals surface area contributed by atoms with Crippen LogP contribution in [0.4, 0.5) is 4.39 Å². The van der Waals surface area contributed by atoms with E-state index in [1.165, 1.54) is 6.07 Å². The second kappa shape index (κ2) is 5.53. The first-order valence-electron chi connectivity index (χ1n) is 5.96. The Bertz CT molecular complexity index is 644. The summed E-state index contributed by atoms with van der Waals surface area (Å²) in [5, 5.41) is 8.74. The van der Waals surface area contributed by atoms with E-state index in [1.807, 2.05) is 13.0 Å². The molecule has 0 atom stereocenters. The van der Waals surface area contributed by atoms with Crippen LogP contribution in [0.1, 0.15) is 11.1 Å². The zero-order chi connectivity index (χ0) is 13.8. The number of methoxy groups -OCH3 is 1. The van der Waals surface area contributed by atoms with Gasteiger partial charge < -0.3 is 4.74 Å². The SMILES string of the molecule is COc1cc(-c2cc(C)ccc2F)ccc1CC#N. The molecule has 0 saturated heterocycles. The summed E-state index contributed by atoms with van der Waals surface area (Å²) < 4.78 is 19.1. The van der Waals surface area contributed by atoms with Crippen molar-refractivity contribution >= 4 is 0 Å². The number of nitrogens with zero attached hydrogens (tertiary/aromatic N) is 1. The Balaban J connectivity index is 2.52. The summed E-state index contributed by atoms with van der Waals surface area (Å²) in [6, 6.07) is 12.5. The maximum absolute atomic E-state index is 13.8. The van der Waals surface area contributed by atoms with Crippen molar-refractivity contribution in [2.75, 3.05) is 7.11 Å². The molecule has 2 aromatic rings. The minimum absolute atomic E-state index is 0.263. The monoisotopic (exact) mass is 255 g/mol. The van der Waals surface area contributed by atoms with E-state index in [0.717, 1.165) is 16.7 Å². The summed E-state index contributed by atoms with van der Waals surface area (Å²) in [6.07, 6.45) is 0.278. The molecule has 0 N–H and O–H groups in total. The first-order chi connectivity index (χ1) is 9.15. The lowest BCUT2D eigenvalue weighted by Crippen LogP contribution is -1.93. The summed E-state index contributed by atoms with van der Waals surface area (Å²) in [6.45, 7) is 1.92. The Morgan fingerprint density at radius 3 is 2.68 bits per heavy atom. The summed E-state index contributed by atoms with van der Waals surface area (Å²) in [5.41, 5.74) is 3.10. The van der Waals surface area contributed by atoms with E-state index in [2.05, 4.69) is 6.07 Å². The average Bonchev–Trinajstić information content (AvgIpc) is 2.42. The molecule has 0 aromatic heterocycles. The molecule has 0 unspecified atom stereocenters. The second-order valence-corrected chi connectivity index (χ2v) is 4.34. The summed E-state index contributed by atoms with van der Waals surface area (Å²) in [4.78, 5) is 0. The molecule has 96 valence electrons. The Kier molecular flexibility index (Phi) is 3.82. The van der Waals surface area contributed by atoms with Gasteiger partial charge in [0.25, 0.3) is 0 Å². The zero-order valence-electron chi connectivity index (χ0n) is 10.9. The van der Waals surface area contributed by atoms with E-state index in [1.54, 1.807) is 31.4 Å². The molecule has 2 aromatic carbocycles. The molecule has 19 heavy (non-hydrogen) atoms. The van der Waals surface area contributed by atoms with Crippen molar-refractivity contribution in [2.24, 2.45) is 0 Å². The third-order valence-electron chi connectivity index (χ3n) is 2.99. The summed E-state index contributed by atoms with van der Waals surface area (Å²) in [7, 11) is 1.55. The Morgan fingerprint density at radius 1 is 1.21 bits per heavy atom. The van der Waals surface area contributed by atoms with Gasteiger partial charge in [0.2, 0.25) is 0 Å². The number of ether oxygens (including phenoxy) is 1. The van der Waals surface area contributed by atoms with Crippen LogP contribution >= 0.6 is 0 Å². The van der Waals surface area contributed by atoms with Crippen LogP contribution in [0.25, 0.3) is 11.1 Å². The van der Waals surface area contributed by atoms with E-state index in [9.17, 15) is 4.39 Å². The lowest BCUT2D eigenvalue weighted by atomic mass is 10.00.